The Bertz CT molecular complexity index is 535. The van der Waals surface area contributed by atoms with Gasteiger partial charge in [0.25, 0.3) is 0 Å². The van der Waals surface area contributed by atoms with Crippen LogP contribution in [0.25, 0.3) is 0 Å². The van der Waals surface area contributed by atoms with Crippen molar-refractivity contribution in [1.29, 1.82) is 0 Å². The molecule has 1 saturated heterocycles. The Hall–Kier alpha value is -1.86. The number of benzene rings is 1. The van der Waals surface area contributed by atoms with Crippen molar-refractivity contribution >= 4 is 5.91 Å². The first kappa shape index (κ1) is 15.5. The number of nitrogens with zero attached hydrogens (tertiary/aromatic N) is 1. The summed E-state index contributed by atoms with van der Waals surface area (Å²) in [4.78, 5) is 12.1. The molecule has 0 bridgehead atoms. The Morgan fingerprint density at radius 2 is 1.86 bits per heavy atom. The maximum absolute atomic E-state index is 13.9. The highest BCUT2D eigenvalue weighted by Gasteiger charge is 2.40. The van der Waals surface area contributed by atoms with Crippen molar-refractivity contribution in [1.82, 2.24) is 4.90 Å². The maximum atomic E-state index is 13.9. The lowest BCUT2D eigenvalue weighted by Gasteiger charge is -2.19. The summed E-state index contributed by atoms with van der Waals surface area (Å²) in [5.74, 6) is -3.61. The van der Waals surface area contributed by atoms with Crippen LogP contribution < -0.4 is 4.74 Å². The van der Waals surface area contributed by atoms with Crippen LogP contribution in [0.5, 0.6) is 5.75 Å². The third-order valence-corrected chi connectivity index (χ3v) is 3.28. The Morgan fingerprint density at radius 1 is 1.29 bits per heavy atom. The molecule has 1 fully saturated rings. The van der Waals surface area contributed by atoms with E-state index in [4.69, 9.17) is 4.74 Å². The van der Waals surface area contributed by atoms with Crippen molar-refractivity contribution < 1.29 is 31.5 Å². The first-order valence-electron chi connectivity index (χ1n) is 6.08. The molecule has 3 nitrogen and oxygen atoms in total. The van der Waals surface area contributed by atoms with Gasteiger partial charge in [0, 0.05) is 36.6 Å². The average molecular weight is 309 g/mol. The lowest BCUT2D eigenvalue weighted by Crippen LogP contribution is -2.35. The van der Waals surface area contributed by atoms with E-state index in [0.29, 0.717) is 4.90 Å². The number of amides is 1. The maximum Gasteiger partial charge on any atom is 0.406 e. The summed E-state index contributed by atoms with van der Waals surface area (Å²) in [6.07, 6.45) is -4.89. The highest BCUT2D eigenvalue weighted by Crippen LogP contribution is 2.34. The molecule has 1 aromatic carbocycles. The number of methoxy groups -OCH3 is 1. The molecule has 1 aliphatic heterocycles. The fourth-order valence-electron chi connectivity index (χ4n) is 2.40. The van der Waals surface area contributed by atoms with E-state index >= 15 is 0 Å². The number of rotatable bonds is 3. The van der Waals surface area contributed by atoms with E-state index in [-0.39, 0.29) is 24.3 Å². The normalized spacial score (nSPS) is 19.2. The Kier molecular flexibility index (Phi) is 4.06. The second-order valence-corrected chi connectivity index (χ2v) is 4.80. The molecule has 116 valence electrons. The van der Waals surface area contributed by atoms with E-state index in [0.717, 1.165) is 12.1 Å². The van der Waals surface area contributed by atoms with Crippen LogP contribution >= 0.6 is 0 Å². The quantitative estimate of drug-likeness (QED) is 0.804. The molecule has 1 atom stereocenters. The van der Waals surface area contributed by atoms with Crippen LogP contribution in [0.3, 0.4) is 0 Å². The van der Waals surface area contributed by atoms with Gasteiger partial charge in [-0.05, 0) is 0 Å². The van der Waals surface area contributed by atoms with Crippen molar-refractivity contribution in [2.75, 3.05) is 20.2 Å². The summed E-state index contributed by atoms with van der Waals surface area (Å²) in [5.41, 5.74) is -0.381. The Morgan fingerprint density at radius 3 is 2.33 bits per heavy atom. The number of alkyl halides is 3. The fourth-order valence-corrected chi connectivity index (χ4v) is 2.40. The smallest absolute Gasteiger partial charge is 0.406 e. The predicted octanol–water partition coefficient (Wildman–Crippen LogP) is 2.85. The van der Waals surface area contributed by atoms with Crippen molar-refractivity contribution in [2.24, 2.45) is 0 Å². The first-order valence-corrected chi connectivity index (χ1v) is 6.08. The largest absolute Gasteiger partial charge is 0.497 e. The summed E-state index contributed by atoms with van der Waals surface area (Å²) in [6, 6.07) is 1.88. The van der Waals surface area contributed by atoms with Gasteiger partial charge in [0.15, 0.2) is 0 Å². The summed E-state index contributed by atoms with van der Waals surface area (Å²) < 4.78 is 69.4. The number of hydrogen-bond acceptors (Lipinski definition) is 2. The number of likely N-dealkylation sites (tertiary alicyclic amines) is 1. The summed E-state index contributed by atoms with van der Waals surface area (Å²) in [6.45, 7) is -1.78. The van der Waals surface area contributed by atoms with Gasteiger partial charge in [-0.1, -0.05) is 0 Å². The third-order valence-electron chi connectivity index (χ3n) is 3.28. The number of ether oxygens (including phenoxy) is 1. The molecule has 1 aromatic rings. The van der Waals surface area contributed by atoms with Crippen LogP contribution in [0, 0.1) is 11.6 Å². The van der Waals surface area contributed by atoms with Crippen molar-refractivity contribution in [3.05, 3.63) is 29.3 Å². The second-order valence-electron chi connectivity index (χ2n) is 4.80. The van der Waals surface area contributed by atoms with Gasteiger partial charge in [-0.2, -0.15) is 13.2 Å². The number of halogens is 5. The first-order chi connectivity index (χ1) is 9.71. The van der Waals surface area contributed by atoms with Gasteiger partial charge in [-0.15, -0.1) is 0 Å². The number of carbonyl (C=O) groups is 1. The van der Waals surface area contributed by atoms with Gasteiger partial charge in [0.05, 0.1) is 7.11 Å². The molecule has 0 N–H and O–H groups in total. The van der Waals surface area contributed by atoms with Crippen molar-refractivity contribution in [3.63, 3.8) is 0 Å². The molecule has 0 saturated carbocycles. The Balaban J connectivity index is 2.23. The van der Waals surface area contributed by atoms with Gasteiger partial charge in [0.1, 0.15) is 23.9 Å². The molecule has 2 rings (SSSR count). The summed E-state index contributed by atoms with van der Waals surface area (Å²) in [7, 11) is 1.23. The molecular formula is C13H12F5NO2. The van der Waals surface area contributed by atoms with Crippen LogP contribution in [0.2, 0.25) is 0 Å². The van der Waals surface area contributed by atoms with Crippen molar-refractivity contribution in [2.45, 2.75) is 18.5 Å². The fraction of sp³-hybridized carbons (Fsp3) is 0.462. The van der Waals surface area contributed by atoms with Crippen LogP contribution in [0.15, 0.2) is 12.1 Å². The van der Waals surface area contributed by atoms with E-state index < -0.39 is 36.2 Å². The van der Waals surface area contributed by atoms with Crippen LogP contribution in [-0.4, -0.2) is 37.2 Å². The third kappa shape index (κ3) is 3.43. The molecule has 21 heavy (non-hydrogen) atoms. The number of hydrogen-bond donors (Lipinski definition) is 0. The van der Waals surface area contributed by atoms with Gasteiger partial charge in [0.2, 0.25) is 5.91 Å². The highest BCUT2D eigenvalue weighted by molar-refractivity contribution is 5.79. The topological polar surface area (TPSA) is 29.5 Å². The highest BCUT2D eigenvalue weighted by atomic mass is 19.4. The molecule has 0 spiro atoms. The molecule has 0 unspecified atom stereocenters. The van der Waals surface area contributed by atoms with Crippen LogP contribution in [0.4, 0.5) is 22.0 Å². The standard InChI is InChI=1S/C13H12F5NO2/c1-21-8-3-9(14)12(10(15)4-8)7-2-11(20)19(5-7)6-13(16,17)18/h3-4,7H,2,5-6H2,1H3/t7-/m0/s1. The van der Waals surface area contributed by atoms with E-state index in [2.05, 4.69) is 0 Å². The predicted molar refractivity (Wildman–Crippen MR) is 62.9 cm³/mol. The van der Waals surface area contributed by atoms with Crippen molar-refractivity contribution in [3.8, 4) is 5.75 Å². The van der Waals surface area contributed by atoms with E-state index in [1.807, 2.05) is 0 Å². The average Bonchev–Trinajstić information content (AvgIpc) is 2.67. The lowest BCUT2D eigenvalue weighted by molar-refractivity contribution is -0.157. The molecule has 0 aromatic heterocycles. The van der Waals surface area contributed by atoms with Crippen LogP contribution in [0.1, 0.15) is 17.9 Å². The van der Waals surface area contributed by atoms with Gasteiger partial charge in [-0.25, -0.2) is 8.78 Å². The SMILES string of the molecule is COc1cc(F)c([C@H]2CC(=O)N(CC(F)(F)F)C2)c(F)c1. The van der Waals surface area contributed by atoms with Gasteiger partial charge in [-0.3, -0.25) is 4.79 Å². The minimum absolute atomic E-state index is 0.0368. The molecule has 0 radical (unpaired) electrons. The minimum atomic E-state index is -4.54. The van der Waals surface area contributed by atoms with Crippen LogP contribution in [-0.2, 0) is 4.79 Å². The Labute approximate surface area is 117 Å². The van der Waals surface area contributed by atoms with E-state index in [1.54, 1.807) is 0 Å². The molecule has 0 aliphatic carbocycles. The molecule has 1 amide bonds. The zero-order chi connectivity index (χ0) is 15.8. The zero-order valence-corrected chi connectivity index (χ0v) is 11.0. The molecule has 1 heterocycles. The van der Waals surface area contributed by atoms with E-state index in [9.17, 15) is 26.7 Å². The second kappa shape index (κ2) is 5.50. The molecular weight excluding hydrogens is 297 g/mol. The summed E-state index contributed by atoms with van der Waals surface area (Å²) in [5, 5.41) is 0. The zero-order valence-electron chi connectivity index (χ0n) is 11.0. The minimum Gasteiger partial charge on any atom is -0.497 e. The molecule has 8 heteroatoms. The van der Waals surface area contributed by atoms with Gasteiger partial charge >= 0.3 is 6.18 Å². The lowest BCUT2D eigenvalue weighted by atomic mass is 9.97. The monoisotopic (exact) mass is 309 g/mol. The molecule has 1 aliphatic rings. The van der Waals surface area contributed by atoms with Gasteiger partial charge < -0.3 is 9.64 Å². The summed E-state index contributed by atoms with van der Waals surface area (Å²) >= 11 is 0. The van der Waals surface area contributed by atoms with E-state index in [1.165, 1.54) is 7.11 Å². The number of carbonyl (C=O) groups excluding carboxylic acids is 1.